The molecule has 0 atom stereocenters. The van der Waals surface area contributed by atoms with Crippen LogP contribution in [0.3, 0.4) is 0 Å². The molecule has 0 aliphatic carbocycles. The molecule has 0 bridgehead atoms. The Kier molecular flexibility index (Phi) is 2.49. The third-order valence-corrected chi connectivity index (χ3v) is 3.01. The van der Waals surface area contributed by atoms with Gasteiger partial charge < -0.3 is 10.4 Å². The van der Waals surface area contributed by atoms with E-state index < -0.39 is 0 Å². The SMILES string of the molecule is Oc1cccc(-c2nccnc2C2CNC2)c1. The predicted octanol–water partition coefficient (Wildman–Crippen LogP) is 1.54. The molecule has 86 valence electrons. The molecule has 0 saturated carbocycles. The van der Waals surface area contributed by atoms with Crippen molar-refractivity contribution in [3.05, 3.63) is 42.4 Å². The van der Waals surface area contributed by atoms with E-state index in [1.54, 1.807) is 24.5 Å². The second-order valence-corrected chi connectivity index (χ2v) is 4.20. The molecular weight excluding hydrogens is 214 g/mol. The summed E-state index contributed by atoms with van der Waals surface area (Å²) in [7, 11) is 0. The number of phenols is 1. The molecule has 3 rings (SSSR count). The summed E-state index contributed by atoms with van der Waals surface area (Å²) in [5.74, 6) is 0.687. The van der Waals surface area contributed by atoms with Crippen LogP contribution in [0.2, 0.25) is 0 Å². The number of benzene rings is 1. The largest absolute Gasteiger partial charge is 0.508 e. The number of phenolic OH excluding ortho intramolecular Hbond substituents is 1. The number of aromatic nitrogens is 2. The molecule has 17 heavy (non-hydrogen) atoms. The molecule has 1 aliphatic heterocycles. The van der Waals surface area contributed by atoms with Crippen molar-refractivity contribution in [3.8, 4) is 17.0 Å². The Morgan fingerprint density at radius 2 is 2.00 bits per heavy atom. The maximum atomic E-state index is 9.51. The zero-order valence-corrected chi connectivity index (χ0v) is 9.30. The molecule has 1 fully saturated rings. The molecule has 0 amide bonds. The molecule has 1 aromatic carbocycles. The van der Waals surface area contributed by atoms with E-state index in [2.05, 4.69) is 15.3 Å². The Morgan fingerprint density at radius 3 is 2.71 bits per heavy atom. The Hall–Kier alpha value is -1.94. The molecule has 0 unspecified atom stereocenters. The summed E-state index contributed by atoms with van der Waals surface area (Å²) in [6.45, 7) is 1.90. The number of hydrogen-bond donors (Lipinski definition) is 2. The summed E-state index contributed by atoms with van der Waals surface area (Å²) in [4.78, 5) is 8.81. The lowest BCUT2D eigenvalue weighted by atomic mass is 9.94. The molecule has 0 radical (unpaired) electrons. The second kappa shape index (κ2) is 4.14. The van der Waals surface area contributed by atoms with E-state index in [0.717, 1.165) is 30.0 Å². The fourth-order valence-corrected chi connectivity index (χ4v) is 2.01. The molecule has 4 nitrogen and oxygen atoms in total. The number of nitrogens with zero attached hydrogens (tertiary/aromatic N) is 2. The fourth-order valence-electron chi connectivity index (χ4n) is 2.01. The first-order valence-electron chi connectivity index (χ1n) is 5.65. The van der Waals surface area contributed by atoms with Gasteiger partial charge in [-0.25, -0.2) is 0 Å². The summed E-state index contributed by atoms with van der Waals surface area (Å²) in [6, 6.07) is 7.14. The molecule has 1 saturated heterocycles. The monoisotopic (exact) mass is 227 g/mol. The summed E-state index contributed by atoms with van der Waals surface area (Å²) < 4.78 is 0. The lowest BCUT2D eigenvalue weighted by Gasteiger charge is -2.27. The second-order valence-electron chi connectivity index (χ2n) is 4.20. The average Bonchev–Trinajstić information content (AvgIpc) is 2.27. The fraction of sp³-hybridized carbons (Fsp3) is 0.231. The van der Waals surface area contributed by atoms with Gasteiger partial charge in [0.25, 0.3) is 0 Å². The van der Waals surface area contributed by atoms with Gasteiger partial charge in [-0.15, -0.1) is 0 Å². The Balaban J connectivity index is 2.07. The van der Waals surface area contributed by atoms with Gasteiger partial charge in [-0.1, -0.05) is 12.1 Å². The van der Waals surface area contributed by atoms with Gasteiger partial charge >= 0.3 is 0 Å². The highest BCUT2D eigenvalue weighted by Gasteiger charge is 2.24. The minimum Gasteiger partial charge on any atom is -0.508 e. The minimum atomic E-state index is 0.255. The zero-order chi connectivity index (χ0) is 11.7. The van der Waals surface area contributed by atoms with E-state index in [0.29, 0.717) is 5.92 Å². The van der Waals surface area contributed by atoms with E-state index in [4.69, 9.17) is 0 Å². The number of hydrogen-bond acceptors (Lipinski definition) is 4. The maximum Gasteiger partial charge on any atom is 0.116 e. The van der Waals surface area contributed by atoms with E-state index in [1.807, 2.05) is 12.1 Å². The Labute approximate surface area is 99.4 Å². The zero-order valence-electron chi connectivity index (χ0n) is 9.30. The first-order chi connectivity index (χ1) is 8.34. The van der Waals surface area contributed by atoms with Crippen LogP contribution in [0.1, 0.15) is 11.6 Å². The van der Waals surface area contributed by atoms with Crippen LogP contribution in [0.4, 0.5) is 0 Å². The summed E-state index contributed by atoms with van der Waals surface area (Å²) in [5, 5.41) is 12.7. The Morgan fingerprint density at radius 1 is 1.18 bits per heavy atom. The highest BCUT2D eigenvalue weighted by molar-refractivity contribution is 5.64. The van der Waals surface area contributed by atoms with Gasteiger partial charge in [0.05, 0.1) is 11.4 Å². The molecule has 2 aromatic rings. The number of aromatic hydroxyl groups is 1. The van der Waals surface area contributed by atoms with Crippen molar-refractivity contribution in [3.63, 3.8) is 0 Å². The molecule has 0 spiro atoms. The summed E-state index contributed by atoms with van der Waals surface area (Å²) in [5.41, 5.74) is 2.80. The standard InChI is InChI=1S/C13H13N3O/c17-11-3-1-2-9(6-11)12-13(10-7-14-8-10)16-5-4-15-12/h1-6,10,14,17H,7-8H2. The smallest absolute Gasteiger partial charge is 0.116 e. The molecule has 1 aliphatic rings. The minimum absolute atomic E-state index is 0.255. The predicted molar refractivity (Wildman–Crippen MR) is 64.7 cm³/mol. The van der Waals surface area contributed by atoms with Crippen molar-refractivity contribution in [1.29, 1.82) is 0 Å². The van der Waals surface area contributed by atoms with Crippen molar-refractivity contribution in [2.75, 3.05) is 13.1 Å². The highest BCUT2D eigenvalue weighted by atomic mass is 16.3. The lowest BCUT2D eigenvalue weighted by molar-refractivity contribution is 0.439. The molecule has 2 N–H and O–H groups in total. The van der Waals surface area contributed by atoms with Gasteiger partial charge in [0.15, 0.2) is 0 Å². The van der Waals surface area contributed by atoms with Crippen LogP contribution in [-0.4, -0.2) is 28.2 Å². The molecule has 2 heterocycles. The van der Waals surface area contributed by atoms with Gasteiger partial charge in [0, 0.05) is 37.0 Å². The summed E-state index contributed by atoms with van der Waals surface area (Å²) >= 11 is 0. The van der Waals surface area contributed by atoms with Crippen molar-refractivity contribution in [1.82, 2.24) is 15.3 Å². The number of rotatable bonds is 2. The van der Waals surface area contributed by atoms with Crippen molar-refractivity contribution < 1.29 is 5.11 Å². The quantitative estimate of drug-likeness (QED) is 0.817. The lowest BCUT2D eigenvalue weighted by Crippen LogP contribution is -2.40. The van der Waals surface area contributed by atoms with Crippen LogP contribution >= 0.6 is 0 Å². The van der Waals surface area contributed by atoms with Crippen molar-refractivity contribution >= 4 is 0 Å². The van der Waals surface area contributed by atoms with Crippen LogP contribution in [0, 0.1) is 0 Å². The highest BCUT2D eigenvalue weighted by Crippen LogP contribution is 2.29. The third kappa shape index (κ3) is 1.87. The van der Waals surface area contributed by atoms with Gasteiger partial charge in [0.2, 0.25) is 0 Å². The van der Waals surface area contributed by atoms with Crippen LogP contribution in [0.5, 0.6) is 5.75 Å². The first-order valence-corrected chi connectivity index (χ1v) is 5.65. The first kappa shape index (κ1) is 10.2. The van der Waals surface area contributed by atoms with E-state index in [9.17, 15) is 5.11 Å². The average molecular weight is 227 g/mol. The van der Waals surface area contributed by atoms with Gasteiger partial charge in [-0.05, 0) is 12.1 Å². The van der Waals surface area contributed by atoms with E-state index in [1.165, 1.54) is 0 Å². The van der Waals surface area contributed by atoms with E-state index in [-0.39, 0.29) is 5.75 Å². The summed E-state index contributed by atoms with van der Waals surface area (Å²) in [6.07, 6.45) is 3.41. The van der Waals surface area contributed by atoms with Crippen molar-refractivity contribution in [2.45, 2.75) is 5.92 Å². The van der Waals surface area contributed by atoms with Crippen LogP contribution in [-0.2, 0) is 0 Å². The maximum absolute atomic E-state index is 9.51. The van der Waals surface area contributed by atoms with Crippen LogP contribution in [0.15, 0.2) is 36.7 Å². The van der Waals surface area contributed by atoms with Gasteiger partial charge in [0.1, 0.15) is 5.75 Å². The van der Waals surface area contributed by atoms with Crippen LogP contribution in [0.25, 0.3) is 11.3 Å². The molecule has 4 heteroatoms. The van der Waals surface area contributed by atoms with Gasteiger partial charge in [-0.3, -0.25) is 9.97 Å². The van der Waals surface area contributed by atoms with Crippen LogP contribution < -0.4 is 5.32 Å². The molecular formula is C13H13N3O. The topological polar surface area (TPSA) is 58.0 Å². The molecule has 1 aromatic heterocycles. The third-order valence-electron chi connectivity index (χ3n) is 3.01. The Bertz CT molecular complexity index is 538. The number of nitrogens with one attached hydrogen (secondary N) is 1. The van der Waals surface area contributed by atoms with Crippen molar-refractivity contribution in [2.24, 2.45) is 0 Å². The van der Waals surface area contributed by atoms with E-state index >= 15 is 0 Å². The van der Waals surface area contributed by atoms with Gasteiger partial charge in [-0.2, -0.15) is 0 Å². The normalized spacial score (nSPS) is 15.5.